The van der Waals surface area contributed by atoms with Gasteiger partial charge < -0.3 is 14.4 Å². The number of ether oxygens (including phenoxy) is 1. The molecule has 2 heterocycles. The van der Waals surface area contributed by atoms with Crippen LogP contribution in [0.2, 0.25) is 0 Å². The Bertz CT molecular complexity index is 471. The minimum atomic E-state index is 0.159. The Morgan fingerprint density at radius 2 is 2.00 bits per heavy atom. The van der Waals surface area contributed by atoms with Crippen LogP contribution in [0, 0.1) is 5.92 Å². The first-order valence-corrected chi connectivity index (χ1v) is 8.98. The lowest BCUT2D eigenvalue weighted by Crippen LogP contribution is -2.33. The Morgan fingerprint density at radius 3 is 2.70 bits per heavy atom. The highest BCUT2D eigenvalue weighted by Gasteiger charge is 2.39. The minimum Gasteiger partial charge on any atom is -0.396 e. The van der Waals surface area contributed by atoms with Gasteiger partial charge in [0.05, 0.1) is 12.5 Å². The van der Waals surface area contributed by atoms with Gasteiger partial charge in [0, 0.05) is 45.2 Å². The van der Waals surface area contributed by atoms with Crippen molar-refractivity contribution in [2.45, 2.75) is 56.9 Å². The third kappa shape index (κ3) is 4.11. The first kappa shape index (κ1) is 16.9. The summed E-state index contributed by atoms with van der Waals surface area (Å²) in [6.07, 6.45) is 8.63. The largest absolute Gasteiger partial charge is 0.396 e. The molecule has 0 unspecified atom stereocenters. The summed E-state index contributed by atoms with van der Waals surface area (Å²) in [7, 11) is 1.67. The fourth-order valence-electron chi connectivity index (χ4n) is 4.00. The van der Waals surface area contributed by atoms with Crippen molar-refractivity contribution in [1.82, 2.24) is 15.0 Å². The molecule has 1 aromatic heterocycles. The predicted octanol–water partition coefficient (Wildman–Crippen LogP) is 1.99. The number of aliphatic hydroxyl groups is 1. The van der Waals surface area contributed by atoms with Gasteiger partial charge in [0.25, 0.3) is 0 Å². The number of nitrogens with zero attached hydrogens (tertiary/aromatic N) is 3. The second-order valence-corrected chi connectivity index (χ2v) is 6.94. The number of rotatable bonds is 6. The summed E-state index contributed by atoms with van der Waals surface area (Å²) in [5, 5.41) is 13.8. The normalized spacial score (nSPS) is 27.4. The van der Waals surface area contributed by atoms with Crippen LogP contribution in [0.3, 0.4) is 0 Å². The Balaban J connectivity index is 1.65. The molecule has 0 amide bonds. The van der Waals surface area contributed by atoms with Gasteiger partial charge in [-0.3, -0.25) is 4.90 Å². The Labute approximate surface area is 138 Å². The molecule has 0 aromatic carbocycles. The van der Waals surface area contributed by atoms with Crippen molar-refractivity contribution in [1.29, 1.82) is 0 Å². The zero-order chi connectivity index (χ0) is 16.1. The number of aromatic nitrogens is 2. The smallest absolute Gasteiger partial charge is 0.231 e. The Hall–Kier alpha value is -0.980. The van der Waals surface area contributed by atoms with Gasteiger partial charge in [-0.15, -0.1) is 0 Å². The molecule has 1 aromatic rings. The third-order valence-electron chi connectivity index (χ3n) is 5.38. The topological polar surface area (TPSA) is 71.6 Å². The molecule has 1 saturated carbocycles. The molecular weight excluding hydrogens is 294 g/mol. The van der Waals surface area contributed by atoms with Crippen molar-refractivity contribution in [3.63, 3.8) is 0 Å². The summed E-state index contributed by atoms with van der Waals surface area (Å²) in [6, 6.07) is 0.660. The van der Waals surface area contributed by atoms with Crippen molar-refractivity contribution >= 4 is 0 Å². The fourth-order valence-corrected chi connectivity index (χ4v) is 4.00. The zero-order valence-electron chi connectivity index (χ0n) is 14.1. The van der Waals surface area contributed by atoms with Crippen LogP contribution in [0.1, 0.15) is 56.2 Å². The Kier molecular flexibility index (Phi) is 6.02. The first-order valence-electron chi connectivity index (χ1n) is 8.98. The molecule has 0 spiro atoms. The molecular formula is C17H29N3O3. The van der Waals surface area contributed by atoms with E-state index < -0.39 is 0 Å². The predicted molar refractivity (Wildman–Crippen MR) is 86.3 cm³/mol. The monoisotopic (exact) mass is 323 g/mol. The third-order valence-corrected chi connectivity index (χ3v) is 5.38. The second-order valence-electron chi connectivity index (χ2n) is 6.94. The lowest BCUT2D eigenvalue weighted by molar-refractivity contribution is 0.185. The van der Waals surface area contributed by atoms with Gasteiger partial charge in [-0.2, -0.15) is 4.98 Å². The van der Waals surface area contributed by atoms with Crippen molar-refractivity contribution in [3.8, 4) is 0 Å². The van der Waals surface area contributed by atoms with E-state index in [1.807, 2.05) is 0 Å². The molecule has 1 N–H and O–H groups in total. The maximum atomic E-state index is 9.78. The van der Waals surface area contributed by atoms with E-state index in [4.69, 9.17) is 9.26 Å². The summed E-state index contributed by atoms with van der Waals surface area (Å²) in [5.74, 6) is 1.75. The molecule has 2 fully saturated rings. The van der Waals surface area contributed by atoms with Crippen LogP contribution in [0.25, 0.3) is 0 Å². The lowest BCUT2D eigenvalue weighted by atomic mass is 9.97. The van der Waals surface area contributed by atoms with E-state index in [-0.39, 0.29) is 18.4 Å². The highest BCUT2D eigenvalue weighted by molar-refractivity contribution is 5.04. The van der Waals surface area contributed by atoms with E-state index in [1.54, 1.807) is 7.11 Å². The van der Waals surface area contributed by atoms with Crippen LogP contribution >= 0.6 is 0 Å². The summed E-state index contributed by atoms with van der Waals surface area (Å²) in [5.41, 5.74) is 0. The lowest BCUT2D eigenvalue weighted by Gasteiger charge is -2.26. The van der Waals surface area contributed by atoms with E-state index in [9.17, 15) is 5.11 Å². The summed E-state index contributed by atoms with van der Waals surface area (Å²) in [4.78, 5) is 7.08. The minimum absolute atomic E-state index is 0.159. The second kappa shape index (κ2) is 8.22. The van der Waals surface area contributed by atoms with Crippen molar-refractivity contribution < 1.29 is 14.4 Å². The molecule has 1 aliphatic heterocycles. The molecule has 2 atom stereocenters. The van der Waals surface area contributed by atoms with Crippen LogP contribution < -0.4 is 0 Å². The van der Waals surface area contributed by atoms with Crippen LogP contribution in [0.4, 0.5) is 0 Å². The number of aliphatic hydroxyl groups excluding tert-OH is 1. The Morgan fingerprint density at radius 1 is 1.22 bits per heavy atom. The SMILES string of the molecule is COCCc1noc([C@@H]2CN(C3CCCCCC3)C[C@H]2CO)n1. The van der Waals surface area contributed by atoms with Crippen LogP contribution in [0.15, 0.2) is 4.52 Å². The molecule has 0 bridgehead atoms. The average molecular weight is 323 g/mol. The molecule has 2 aliphatic rings. The van der Waals surface area contributed by atoms with Crippen LogP contribution in [0.5, 0.6) is 0 Å². The number of likely N-dealkylation sites (tertiary alicyclic amines) is 1. The van der Waals surface area contributed by atoms with Crippen molar-refractivity contribution in [2.75, 3.05) is 33.4 Å². The standard InChI is InChI=1S/C17H29N3O3/c1-22-9-8-16-18-17(23-19-16)15-11-20(10-13(15)12-21)14-6-4-2-3-5-7-14/h13-15,21H,2-12H2,1H3/t13-,15+/m0/s1. The zero-order valence-corrected chi connectivity index (χ0v) is 14.1. The van der Waals surface area contributed by atoms with Gasteiger partial charge in [0.2, 0.25) is 5.89 Å². The van der Waals surface area contributed by atoms with Crippen molar-refractivity contribution in [3.05, 3.63) is 11.7 Å². The van der Waals surface area contributed by atoms with Crippen LogP contribution in [-0.4, -0.2) is 59.6 Å². The molecule has 3 rings (SSSR count). The fraction of sp³-hybridized carbons (Fsp3) is 0.882. The molecule has 23 heavy (non-hydrogen) atoms. The van der Waals surface area contributed by atoms with E-state index in [1.165, 1.54) is 38.5 Å². The summed E-state index contributed by atoms with van der Waals surface area (Å²) >= 11 is 0. The molecule has 1 aliphatic carbocycles. The van der Waals surface area contributed by atoms with Gasteiger partial charge >= 0.3 is 0 Å². The molecule has 6 nitrogen and oxygen atoms in total. The van der Waals surface area contributed by atoms with E-state index in [0.29, 0.717) is 30.8 Å². The van der Waals surface area contributed by atoms with Gasteiger partial charge in [0.15, 0.2) is 5.82 Å². The van der Waals surface area contributed by atoms with E-state index in [2.05, 4.69) is 15.0 Å². The quantitative estimate of drug-likeness (QED) is 0.807. The molecule has 1 saturated heterocycles. The van der Waals surface area contributed by atoms with E-state index in [0.717, 1.165) is 13.1 Å². The van der Waals surface area contributed by atoms with Gasteiger partial charge in [-0.25, -0.2) is 0 Å². The van der Waals surface area contributed by atoms with Gasteiger partial charge in [0.1, 0.15) is 0 Å². The van der Waals surface area contributed by atoms with Gasteiger partial charge in [-0.1, -0.05) is 30.8 Å². The molecule has 6 heteroatoms. The van der Waals surface area contributed by atoms with Crippen molar-refractivity contribution in [2.24, 2.45) is 5.92 Å². The molecule has 130 valence electrons. The van der Waals surface area contributed by atoms with E-state index >= 15 is 0 Å². The number of hydrogen-bond acceptors (Lipinski definition) is 6. The first-order chi connectivity index (χ1) is 11.3. The maximum absolute atomic E-state index is 9.78. The number of methoxy groups -OCH3 is 1. The highest BCUT2D eigenvalue weighted by Crippen LogP contribution is 2.35. The summed E-state index contributed by atoms with van der Waals surface area (Å²) < 4.78 is 10.5. The highest BCUT2D eigenvalue weighted by atomic mass is 16.5. The summed E-state index contributed by atoms with van der Waals surface area (Å²) in [6.45, 7) is 2.66. The number of hydrogen-bond donors (Lipinski definition) is 1. The molecule has 0 radical (unpaired) electrons. The van der Waals surface area contributed by atoms with Gasteiger partial charge in [-0.05, 0) is 12.8 Å². The average Bonchev–Trinajstić information content (AvgIpc) is 3.12. The van der Waals surface area contributed by atoms with Crippen LogP contribution in [-0.2, 0) is 11.2 Å². The maximum Gasteiger partial charge on any atom is 0.231 e.